The molecule has 5 amide bonds. The molecule has 3 fully saturated rings. The monoisotopic (exact) mass is 1190 g/mol. The molecule has 84 heavy (non-hydrogen) atoms. The van der Waals surface area contributed by atoms with E-state index >= 15 is 4.39 Å². The Kier molecular flexibility index (Phi) is 19.6. The Balaban J connectivity index is 0.687. The minimum Gasteiger partial charge on any atom is -0.508 e. The fraction of sp³-hybridized carbons (Fsp3) is 0.435. The Labute approximate surface area is 497 Å². The molecule has 0 spiro atoms. The van der Waals surface area contributed by atoms with E-state index in [1.807, 2.05) is 71.3 Å². The van der Waals surface area contributed by atoms with Crippen LogP contribution < -0.4 is 31.3 Å². The number of aromatic hydroxyl groups is 1. The quantitative estimate of drug-likeness (QED) is 0.0376. The van der Waals surface area contributed by atoms with Gasteiger partial charge in [0.05, 0.1) is 49.2 Å². The van der Waals surface area contributed by atoms with Crippen molar-refractivity contribution in [3.63, 3.8) is 0 Å². The van der Waals surface area contributed by atoms with Crippen molar-refractivity contribution in [3.05, 3.63) is 100 Å². The predicted molar refractivity (Wildman–Crippen MR) is 326 cm³/mol. The number of halogens is 2. The van der Waals surface area contributed by atoms with Crippen molar-refractivity contribution in [2.45, 2.75) is 76.4 Å². The molecule has 0 bridgehead atoms. The lowest BCUT2D eigenvalue weighted by Crippen LogP contribution is -2.55. The van der Waals surface area contributed by atoms with Crippen molar-refractivity contribution in [2.24, 2.45) is 11.7 Å². The number of amides is 5. The molecule has 22 heteroatoms. The number of rotatable bonds is 23. The number of phenolic OH excluding ortho intramolecular Hbond substituents is 1. The summed E-state index contributed by atoms with van der Waals surface area (Å²) in [5.74, 6) is 0.300. The maximum absolute atomic E-state index is 17.0. The number of likely N-dealkylation sites (tertiary alicyclic amines) is 1. The van der Waals surface area contributed by atoms with Crippen LogP contribution in [-0.4, -0.2) is 164 Å². The SMILES string of the molecule is CN[C@@H](C)C(=O)NC(C(=O)N1CCC[C@H]1c1nc(-c2ccc(OCCOCCOCCN(C)C(=O)CCNc3nc(N4CCN(C(N)=O)CC4)c4cc(Cl)c(-c5cc(O)cc6ccccc56)c(F)c4n3)c3ccccc23)cs1)C1CCCCC1. The molecule has 19 nitrogen and oxygen atoms in total. The average molecular weight is 1190 g/mol. The maximum atomic E-state index is 17.0. The molecule has 4 heterocycles. The van der Waals surface area contributed by atoms with Crippen molar-refractivity contribution in [2.75, 3.05) is 103 Å². The fourth-order valence-electron chi connectivity index (χ4n) is 11.6. The van der Waals surface area contributed by atoms with Gasteiger partial charge in [-0.25, -0.2) is 19.2 Å². The number of thiazole rings is 1. The van der Waals surface area contributed by atoms with Crippen LogP contribution in [0, 0.1) is 11.7 Å². The molecule has 1 aliphatic carbocycles. The number of carbonyl (C=O) groups excluding carboxylic acids is 4. The number of benzene rings is 5. The number of likely N-dealkylation sites (N-methyl/N-ethyl adjacent to an activating group) is 2. The van der Waals surface area contributed by atoms with E-state index in [-0.39, 0.29) is 70.4 Å². The molecule has 10 rings (SSSR count). The van der Waals surface area contributed by atoms with E-state index < -0.39 is 23.9 Å². The third-order valence-electron chi connectivity index (χ3n) is 16.4. The summed E-state index contributed by atoms with van der Waals surface area (Å²) < 4.78 is 34.9. The molecule has 3 aliphatic rings. The first-order chi connectivity index (χ1) is 40.8. The minimum atomic E-state index is -0.698. The van der Waals surface area contributed by atoms with Crippen LogP contribution >= 0.6 is 22.9 Å². The van der Waals surface area contributed by atoms with Crippen molar-refractivity contribution in [3.8, 4) is 33.9 Å². The molecule has 1 saturated carbocycles. The summed E-state index contributed by atoms with van der Waals surface area (Å²) >= 11 is 8.45. The Morgan fingerprint density at radius 1 is 0.833 bits per heavy atom. The summed E-state index contributed by atoms with van der Waals surface area (Å²) in [6.07, 6.45) is 6.94. The van der Waals surface area contributed by atoms with E-state index in [0.717, 1.165) is 77.7 Å². The Bertz CT molecular complexity index is 3510. The highest BCUT2D eigenvalue weighted by molar-refractivity contribution is 7.10. The summed E-state index contributed by atoms with van der Waals surface area (Å²) in [7, 11) is 3.45. The first kappa shape index (κ1) is 59.7. The van der Waals surface area contributed by atoms with Crippen LogP contribution in [0.25, 0.3) is 54.8 Å². The second kappa shape index (κ2) is 27.5. The topological polar surface area (TPSA) is 230 Å². The van der Waals surface area contributed by atoms with E-state index in [9.17, 15) is 24.3 Å². The van der Waals surface area contributed by atoms with Crippen LogP contribution in [0.3, 0.4) is 0 Å². The predicted octanol–water partition coefficient (Wildman–Crippen LogP) is 9.13. The molecule has 7 aromatic rings. The molecule has 1 unspecified atom stereocenters. The molecule has 5 aromatic carbocycles. The van der Waals surface area contributed by atoms with Crippen LogP contribution in [0.15, 0.2) is 84.2 Å². The maximum Gasteiger partial charge on any atom is 0.314 e. The van der Waals surface area contributed by atoms with E-state index in [0.29, 0.717) is 99.8 Å². The number of hydrogen-bond donors (Lipinski definition) is 5. The highest BCUT2D eigenvalue weighted by Crippen LogP contribution is 2.44. The number of nitrogens with zero attached hydrogens (tertiary/aromatic N) is 7. The van der Waals surface area contributed by atoms with Gasteiger partial charge in [0.25, 0.3) is 0 Å². The van der Waals surface area contributed by atoms with Crippen molar-refractivity contribution in [1.29, 1.82) is 0 Å². The third kappa shape index (κ3) is 13.6. The van der Waals surface area contributed by atoms with Crippen LogP contribution in [0.5, 0.6) is 11.5 Å². The Hall–Kier alpha value is -7.43. The molecule has 444 valence electrons. The van der Waals surface area contributed by atoms with E-state index in [1.165, 1.54) is 11.0 Å². The number of nitrogens with one attached hydrogen (secondary N) is 3. The number of ether oxygens (including phenoxy) is 3. The number of carbonyl (C=O) groups is 4. The van der Waals surface area contributed by atoms with Gasteiger partial charge in [0.15, 0.2) is 5.82 Å². The van der Waals surface area contributed by atoms with Crippen molar-refractivity contribution < 1.29 is 42.9 Å². The summed E-state index contributed by atoms with van der Waals surface area (Å²) in [6, 6.07) is 22.5. The molecule has 2 saturated heterocycles. The molecule has 6 N–H and O–H groups in total. The van der Waals surface area contributed by atoms with Gasteiger partial charge >= 0.3 is 6.03 Å². The van der Waals surface area contributed by atoms with Crippen LogP contribution in [0.1, 0.15) is 69.3 Å². The number of anilines is 2. The lowest BCUT2D eigenvalue weighted by molar-refractivity contribution is -0.139. The molecular formula is C62H73ClFN11O8S. The van der Waals surface area contributed by atoms with Gasteiger partial charge in [-0.05, 0) is 97.6 Å². The number of urea groups is 1. The van der Waals surface area contributed by atoms with Crippen LogP contribution in [0.4, 0.5) is 21.0 Å². The highest BCUT2D eigenvalue weighted by atomic mass is 35.5. The second-order valence-electron chi connectivity index (χ2n) is 21.7. The highest BCUT2D eigenvalue weighted by Gasteiger charge is 2.40. The van der Waals surface area contributed by atoms with Gasteiger partial charge in [-0.15, -0.1) is 11.3 Å². The number of hydrogen-bond acceptors (Lipinski definition) is 15. The van der Waals surface area contributed by atoms with E-state index in [2.05, 4.69) is 32.4 Å². The Morgan fingerprint density at radius 3 is 2.32 bits per heavy atom. The molecular weight excluding hydrogens is 1110 g/mol. The average Bonchev–Trinajstić information content (AvgIpc) is 2.78. The molecule has 2 aromatic heterocycles. The molecule has 0 radical (unpaired) electrons. The third-order valence-corrected chi connectivity index (χ3v) is 17.6. The zero-order valence-electron chi connectivity index (χ0n) is 47.7. The summed E-state index contributed by atoms with van der Waals surface area (Å²) in [5.41, 5.74) is 7.85. The van der Waals surface area contributed by atoms with Crippen LogP contribution in [-0.2, 0) is 23.9 Å². The largest absolute Gasteiger partial charge is 0.508 e. The molecule has 2 aliphatic heterocycles. The van der Waals surface area contributed by atoms with Crippen molar-refractivity contribution in [1.82, 2.24) is 40.3 Å². The Morgan fingerprint density at radius 2 is 1.56 bits per heavy atom. The lowest BCUT2D eigenvalue weighted by atomic mass is 9.83. The van der Waals surface area contributed by atoms with Crippen molar-refractivity contribution >= 4 is 90.9 Å². The van der Waals surface area contributed by atoms with E-state index in [4.69, 9.17) is 41.5 Å². The number of primary amides is 1. The van der Waals surface area contributed by atoms with Gasteiger partial charge in [-0.3, -0.25) is 14.4 Å². The van der Waals surface area contributed by atoms with Crippen LogP contribution in [0.2, 0.25) is 5.02 Å². The zero-order valence-corrected chi connectivity index (χ0v) is 49.3. The van der Waals surface area contributed by atoms with Gasteiger partial charge in [-0.1, -0.05) is 79.4 Å². The second-order valence-corrected chi connectivity index (χ2v) is 23.0. The summed E-state index contributed by atoms with van der Waals surface area (Å²) in [4.78, 5) is 74.2. The number of piperazine rings is 1. The summed E-state index contributed by atoms with van der Waals surface area (Å²) in [6.45, 7) is 5.97. The van der Waals surface area contributed by atoms with Gasteiger partial charge in [0.1, 0.15) is 40.5 Å². The summed E-state index contributed by atoms with van der Waals surface area (Å²) in [5, 5.41) is 26.7. The van der Waals surface area contributed by atoms with Gasteiger partial charge in [0, 0.05) is 86.6 Å². The first-order valence-corrected chi connectivity index (χ1v) is 30.3. The fourth-order valence-corrected chi connectivity index (χ4v) is 12.9. The number of nitrogens with two attached hydrogens (primary N) is 1. The van der Waals surface area contributed by atoms with Gasteiger partial charge in [0.2, 0.25) is 23.7 Å². The standard InChI is InChI=1S/C62H73ClFN11O8S/c1-38(66-2)58(78)69-55(39-12-5-4-6-13-39)60(79)75-23-11-18-50(75)59-68-49(37-84-59)44-19-20-51(45-17-10-9-16-43(44)45)83-33-32-82-31-30-81-29-28-72(3)52(77)21-22-67-62-70-56-47(57(71-62)73-24-26-74(27-25-73)61(65)80)36-48(63)53(54(56)64)46-35-41(76)34-40-14-7-8-15-42(40)46/h7-10,14-17,19-20,34-39,50,55,66,76H,4-6,11-13,18,21-33H2,1-3H3,(H2,65,80)(H,69,78)(H,67,70,71)/t38-,50-,55?/m0/s1. The number of fused-ring (bicyclic) bond motifs is 3. The first-order valence-electron chi connectivity index (χ1n) is 29.0. The van der Waals surface area contributed by atoms with Gasteiger partial charge in [-0.2, -0.15) is 4.98 Å². The van der Waals surface area contributed by atoms with Gasteiger partial charge < -0.3 is 60.6 Å². The lowest BCUT2D eigenvalue weighted by Gasteiger charge is -2.35. The minimum absolute atomic E-state index is 0.00212. The number of phenols is 1. The molecule has 3 atom stereocenters. The smallest absolute Gasteiger partial charge is 0.314 e. The van der Waals surface area contributed by atoms with E-state index in [1.54, 1.807) is 42.5 Å². The normalized spacial score (nSPS) is 16.5. The number of aromatic nitrogens is 3. The zero-order chi connectivity index (χ0) is 58.9.